The zero-order valence-corrected chi connectivity index (χ0v) is 13.3. The topological polar surface area (TPSA) is 72.2 Å². The summed E-state index contributed by atoms with van der Waals surface area (Å²) in [5, 5.41) is 0. The summed E-state index contributed by atoms with van der Waals surface area (Å²) in [6.45, 7) is 2.00. The molecule has 6 heteroatoms. The average molecular weight is 355 g/mol. The molecule has 0 aliphatic rings. The van der Waals surface area contributed by atoms with E-state index in [0.717, 1.165) is 12.0 Å². The second kappa shape index (κ2) is 5.85. The number of aryl methyl sites for hydroxylation is 1. The van der Waals surface area contributed by atoms with Crippen LogP contribution in [0, 0.1) is 0 Å². The molecule has 0 aliphatic heterocycles. The summed E-state index contributed by atoms with van der Waals surface area (Å²) in [4.78, 5) is 0.193. The highest BCUT2D eigenvalue weighted by Crippen LogP contribution is 2.25. The van der Waals surface area contributed by atoms with Gasteiger partial charge in [0, 0.05) is 10.2 Å². The lowest BCUT2D eigenvalue weighted by Crippen LogP contribution is -2.13. The fraction of sp³-hybridized carbons (Fsp3) is 0.143. The number of nitrogens with two attached hydrogens (primary N) is 1. The van der Waals surface area contributed by atoms with Gasteiger partial charge in [-0.05, 0) is 52.2 Å². The minimum atomic E-state index is -3.63. The first kappa shape index (κ1) is 14.9. The summed E-state index contributed by atoms with van der Waals surface area (Å²) in [5.74, 6) is 0. The zero-order chi connectivity index (χ0) is 14.8. The van der Waals surface area contributed by atoms with Crippen LogP contribution in [0.5, 0.6) is 0 Å². The SMILES string of the molecule is CCc1ccc(NS(=O)(=O)c2ccccc2Br)cc1N. The van der Waals surface area contributed by atoms with Crippen LogP contribution in [-0.2, 0) is 16.4 Å². The van der Waals surface area contributed by atoms with E-state index in [1.54, 1.807) is 30.3 Å². The summed E-state index contributed by atoms with van der Waals surface area (Å²) in [5.41, 5.74) is 7.91. The van der Waals surface area contributed by atoms with E-state index in [1.807, 2.05) is 13.0 Å². The van der Waals surface area contributed by atoms with Crippen LogP contribution in [0.15, 0.2) is 51.8 Å². The van der Waals surface area contributed by atoms with Gasteiger partial charge in [0.15, 0.2) is 0 Å². The molecule has 0 aliphatic carbocycles. The molecular formula is C14H15BrN2O2S. The van der Waals surface area contributed by atoms with Crippen molar-refractivity contribution in [2.45, 2.75) is 18.2 Å². The van der Waals surface area contributed by atoms with E-state index in [1.165, 1.54) is 6.07 Å². The van der Waals surface area contributed by atoms with Gasteiger partial charge in [0.25, 0.3) is 10.0 Å². The number of hydrogen-bond acceptors (Lipinski definition) is 3. The highest BCUT2D eigenvalue weighted by molar-refractivity contribution is 9.10. The second-order valence-corrected chi connectivity index (χ2v) is 6.81. The zero-order valence-electron chi connectivity index (χ0n) is 10.9. The fourth-order valence-electron chi connectivity index (χ4n) is 1.85. The molecule has 0 spiro atoms. The maximum atomic E-state index is 12.3. The predicted octanol–water partition coefficient (Wildman–Crippen LogP) is 3.39. The van der Waals surface area contributed by atoms with E-state index in [9.17, 15) is 8.42 Å². The molecule has 4 nitrogen and oxygen atoms in total. The van der Waals surface area contributed by atoms with Crippen molar-refractivity contribution in [3.8, 4) is 0 Å². The first-order chi connectivity index (χ1) is 9.44. The Bertz CT molecular complexity index is 730. The fourth-order valence-corrected chi connectivity index (χ4v) is 3.91. The summed E-state index contributed by atoms with van der Waals surface area (Å²) in [6, 6.07) is 11.8. The molecule has 0 fully saturated rings. The van der Waals surface area contributed by atoms with Crippen molar-refractivity contribution in [1.29, 1.82) is 0 Å². The third-order valence-electron chi connectivity index (χ3n) is 2.91. The summed E-state index contributed by atoms with van der Waals surface area (Å²) >= 11 is 3.24. The largest absolute Gasteiger partial charge is 0.398 e. The van der Waals surface area contributed by atoms with Gasteiger partial charge in [-0.2, -0.15) is 0 Å². The molecule has 106 valence electrons. The van der Waals surface area contributed by atoms with Crippen LogP contribution in [0.3, 0.4) is 0 Å². The molecule has 0 bridgehead atoms. The van der Waals surface area contributed by atoms with Gasteiger partial charge < -0.3 is 5.73 Å². The van der Waals surface area contributed by atoms with Crippen molar-refractivity contribution in [3.05, 3.63) is 52.5 Å². The third-order valence-corrected chi connectivity index (χ3v) is 5.30. The van der Waals surface area contributed by atoms with Crippen molar-refractivity contribution < 1.29 is 8.42 Å². The van der Waals surface area contributed by atoms with Gasteiger partial charge in [-0.3, -0.25) is 4.72 Å². The first-order valence-corrected chi connectivity index (χ1v) is 8.37. The highest BCUT2D eigenvalue weighted by atomic mass is 79.9. The average Bonchev–Trinajstić information content (AvgIpc) is 2.38. The lowest BCUT2D eigenvalue weighted by Gasteiger charge is -2.11. The Labute approximate surface area is 127 Å². The second-order valence-electron chi connectivity index (χ2n) is 4.30. The Balaban J connectivity index is 2.34. The maximum absolute atomic E-state index is 12.3. The van der Waals surface area contributed by atoms with E-state index in [-0.39, 0.29) is 4.90 Å². The number of nitrogen functional groups attached to an aromatic ring is 1. The number of rotatable bonds is 4. The van der Waals surface area contributed by atoms with Crippen molar-refractivity contribution in [3.63, 3.8) is 0 Å². The van der Waals surface area contributed by atoms with Gasteiger partial charge in [-0.15, -0.1) is 0 Å². The first-order valence-electron chi connectivity index (χ1n) is 6.10. The monoisotopic (exact) mass is 354 g/mol. The standard InChI is InChI=1S/C14H15BrN2O2S/c1-2-10-7-8-11(9-13(10)16)17-20(18,19)14-6-4-3-5-12(14)15/h3-9,17H,2,16H2,1H3. The molecule has 0 saturated heterocycles. The van der Waals surface area contributed by atoms with E-state index in [2.05, 4.69) is 20.7 Å². The maximum Gasteiger partial charge on any atom is 0.263 e. The van der Waals surface area contributed by atoms with Crippen molar-refractivity contribution in [1.82, 2.24) is 0 Å². The Morgan fingerprint density at radius 3 is 2.50 bits per heavy atom. The van der Waals surface area contributed by atoms with Crippen LogP contribution in [0.4, 0.5) is 11.4 Å². The molecule has 0 aromatic heterocycles. The number of anilines is 2. The molecule has 2 aromatic rings. The quantitative estimate of drug-likeness (QED) is 0.826. The smallest absolute Gasteiger partial charge is 0.263 e. The molecule has 0 radical (unpaired) electrons. The molecule has 20 heavy (non-hydrogen) atoms. The van der Waals surface area contributed by atoms with E-state index in [0.29, 0.717) is 15.8 Å². The Hall–Kier alpha value is -1.53. The van der Waals surface area contributed by atoms with Gasteiger partial charge in [0.05, 0.1) is 5.69 Å². The Morgan fingerprint density at radius 2 is 1.90 bits per heavy atom. The lowest BCUT2D eigenvalue weighted by atomic mass is 10.1. The molecule has 0 amide bonds. The molecule has 3 N–H and O–H groups in total. The van der Waals surface area contributed by atoms with Crippen LogP contribution >= 0.6 is 15.9 Å². The van der Waals surface area contributed by atoms with Crippen molar-refractivity contribution in [2.24, 2.45) is 0 Å². The normalized spacial score (nSPS) is 11.3. The van der Waals surface area contributed by atoms with Gasteiger partial charge in [0.2, 0.25) is 0 Å². The van der Waals surface area contributed by atoms with Crippen LogP contribution in [-0.4, -0.2) is 8.42 Å². The van der Waals surface area contributed by atoms with Gasteiger partial charge in [-0.1, -0.05) is 25.1 Å². The number of halogens is 1. The number of hydrogen-bond donors (Lipinski definition) is 2. The van der Waals surface area contributed by atoms with Gasteiger partial charge in [0.1, 0.15) is 4.90 Å². The molecule has 0 heterocycles. The van der Waals surface area contributed by atoms with Crippen LogP contribution in [0.1, 0.15) is 12.5 Å². The molecule has 2 aromatic carbocycles. The van der Waals surface area contributed by atoms with Crippen LogP contribution in [0.25, 0.3) is 0 Å². The number of benzene rings is 2. The summed E-state index contributed by atoms with van der Waals surface area (Å²) < 4.78 is 27.7. The van der Waals surface area contributed by atoms with E-state index >= 15 is 0 Å². The Kier molecular flexibility index (Phi) is 4.35. The van der Waals surface area contributed by atoms with E-state index in [4.69, 9.17) is 5.73 Å². The summed E-state index contributed by atoms with van der Waals surface area (Å²) in [7, 11) is -3.63. The molecular weight excluding hydrogens is 340 g/mol. The van der Waals surface area contributed by atoms with Crippen molar-refractivity contribution in [2.75, 3.05) is 10.5 Å². The Morgan fingerprint density at radius 1 is 1.20 bits per heavy atom. The lowest BCUT2D eigenvalue weighted by molar-refractivity contribution is 0.601. The molecule has 0 saturated carbocycles. The highest BCUT2D eigenvalue weighted by Gasteiger charge is 2.17. The van der Waals surface area contributed by atoms with Gasteiger partial charge in [-0.25, -0.2) is 8.42 Å². The minimum absolute atomic E-state index is 0.193. The molecule has 2 rings (SSSR count). The van der Waals surface area contributed by atoms with E-state index < -0.39 is 10.0 Å². The summed E-state index contributed by atoms with van der Waals surface area (Å²) in [6.07, 6.45) is 0.809. The third kappa shape index (κ3) is 3.13. The van der Waals surface area contributed by atoms with Crippen LogP contribution < -0.4 is 10.5 Å². The van der Waals surface area contributed by atoms with Crippen molar-refractivity contribution >= 4 is 37.3 Å². The number of sulfonamides is 1. The van der Waals surface area contributed by atoms with Gasteiger partial charge >= 0.3 is 0 Å². The van der Waals surface area contributed by atoms with Crippen LogP contribution in [0.2, 0.25) is 0 Å². The molecule has 0 unspecified atom stereocenters. The minimum Gasteiger partial charge on any atom is -0.398 e. The predicted molar refractivity (Wildman–Crippen MR) is 85.2 cm³/mol. The number of nitrogens with one attached hydrogen (secondary N) is 1. The molecule has 0 atom stereocenters.